The molecule has 5 heteroatoms. The molecule has 1 heterocycles. The minimum absolute atomic E-state index is 0.239. The van der Waals surface area contributed by atoms with Crippen molar-refractivity contribution in [2.45, 2.75) is 6.42 Å². The zero-order valence-electron chi connectivity index (χ0n) is 8.93. The number of nitrogens with two attached hydrogens (primary N) is 1. The second-order valence-corrected chi connectivity index (χ2v) is 3.16. The number of pyridine rings is 1. The first kappa shape index (κ1) is 11.3. The second kappa shape index (κ2) is 5.19. The van der Waals surface area contributed by atoms with Crippen LogP contribution in [0, 0.1) is 0 Å². The third-order valence-corrected chi connectivity index (χ3v) is 2.06. The Labute approximate surface area is 88.9 Å². The maximum absolute atomic E-state index is 10.9. The quantitative estimate of drug-likeness (QED) is 0.738. The minimum atomic E-state index is -0.239. The number of nitrogens with zero attached hydrogens (tertiary/aromatic N) is 2. The highest BCUT2D eigenvalue weighted by atomic mass is 16.5. The average molecular weight is 209 g/mol. The number of aromatic nitrogens is 1. The molecule has 1 aromatic rings. The highest BCUT2D eigenvalue weighted by molar-refractivity contribution is 5.70. The molecule has 0 spiro atoms. The fourth-order valence-corrected chi connectivity index (χ4v) is 1.20. The van der Waals surface area contributed by atoms with E-state index in [0.29, 0.717) is 24.5 Å². The number of methoxy groups -OCH3 is 1. The summed E-state index contributed by atoms with van der Waals surface area (Å²) in [4.78, 5) is 16.9. The maximum Gasteiger partial charge on any atom is 0.307 e. The number of hydrogen-bond acceptors (Lipinski definition) is 5. The lowest BCUT2D eigenvalue weighted by Crippen LogP contribution is -2.23. The van der Waals surface area contributed by atoms with Crippen LogP contribution in [0.25, 0.3) is 0 Å². The van der Waals surface area contributed by atoms with Crippen molar-refractivity contribution >= 4 is 17.5 Å². The van der Waals surface area contributed by atoms with E-state index in [1.807, 2.05) is 11.9 Å². The summed E-state index contributed by atoms with van der Waals surface area (Å²) < 4.78 is 4.55. The molecule has 82 valence electrons. The van der Waals surface area contributed by atoms with Gasteiger partial charge in [-0.2, -0.15) is 0 Å². The highest BCUT2D eigenvalue weighted by Gasteiger charge is 2.08. The molecule has 0 amide bonds. The molecule has 0 saturated heterocycles. The molecular weight excluding hydrogens is 194 g/mol. The van der Waals surface area contributed by atoms with Crippen molar-refractivity contribution in [3.63, 3.8) is 0 Å². The van der Waals surface area contributed by atoms with Crippen molar-refractivity contribution in [1.82, 2.24) is 4.98 Å². The number of hydrogen-bond donors (Lipinski definition) is 1. The lowest BCUT2D eigenvalue weighted by Gasteiger charge is -2.18. The van der Waals surface area contributed by atoms with Gasteiger partial charge >= 0.3 is 5.97 Å². The SMILES string of the molecule is COC(=O)CCN(C)c1ncccc1N. The first-order valence-corrected chi connectivity index (χ1v) is 4.63. The molecule has 0 unspecified atom stereocenters. The second-order valence-electron chi connectivity index (χ2n) is 3.16. The predicted molar refractivity (Wildman–Crippen MR) is 58.6 cm³/mol. The minimum Gasteiger partial charge on any atom is -0.469 e. The van der Waals surface area contributed by atoms with Gasteiger partial charge in [0.25, 0.3) is 0 Å². The van der Waals surface area contributed by atoms with Crippen LogP contribution in [0.4, 0.5) is 11.5 Å². The molecule has 0 aromatic carbocycles. The highest BCUT2D eigenvalue weighted by Crippen LogP contribution is 2.17. The van der Waals surface area contributed by atoms with E-state index in [1.54, 1.807) is 18.3 Å². The van der Waals surface area contributed by atoms with Crippen molar-refractivity contribution in [3.8, 4) is 0 Å². The Hall–Kier alpha value is -1.78. The lowest BCUT2D eigenvalue weighted by atomic mass is 10.3. The van der Waals surface area contributed by atoms with Crippen molar-refractivity contribution in [2.75, 3.05) is 31.3 Å². The molecule has 0 bridgehead atoms. The van der Waals surface area contributed by atoms with Gasteiger partial charge in [0.2, 0.25) is 0 Å². The Kier molecular flexibility index (Phi) is 3.91. The number of ether oxygens (including phenoxy) is 1. The van der Waals surface area contributed by atoms with Crippen LogP contribution in [0.1, 0.15) is 6.42 Å². The number of carbonyl (C=O) groups is 1. The summed E-state index contributed by atoms with van der Waals surface area (Å²) in [6, 6.07) is 3.55. The van der Waals surface area contributed by atoms with Gasteiger partial charge in [-0.1, -0.05) is 0 Å². The zero-order chi connectivity index (χ0) is 11.3. The van der Waals surface area contributed by atoms with Crippen molar-refractivity contribution in [3.05, 3.63) is 18.3 Å². The third-order valence-electron chi connectivity index (χ3n) is 2.06. The number of rotatable bonds is 4. The summed E-state index contributed by atoms with van der Waals surface area (Å²) in [6.45, 7) is 0.536. The lowest BCUT2D eigenvalue weighted by molar-refractivity contribution is -0.140. The monoisotopic (exact) mass is 209 g/mol. The van der Waals surface area contributed by atoms with Gasteiger partial charge in [-0.3, -0.25) is 4.79 Å². The molecule has 0 aliphatic carbocycles. The third kappa shape index (κ3) is 3.12. The topological polar surface area (TPSA) is 68.5 Å². The molecule has 0 saturated carbocycles. The first-order valence-electron chi connectivity index (χ1n) is 4.63. The molecule has 2 N–H and O–H groups in total. The summed E-state index contributed by atoms with van der Waals surface area (Å²) in [6.07, 6.45) is 1.99. The van der Waals surface area contributed by atoms with Crippen molar-refractivity contribution in [2.24, 2.45) is 0 Å². The fraction of sp³-hybridized carbons (Fsp3) is 0.400. The Morgan fingerprint density at radius 1 is 1.67 bits per heavy atom. The summed E-state index contributed by atoms with van der Waals surface area (Å²) in [5.74, 6) is 0.442. The van der Waals surface area contributed by atoms with Gasteiger partial charge in [-0.25, -0.2) is 4.98 Å². The van der Waals surface area contributed by atoms with E-state index >= 15 is 0 Å². The van der Waals surface area contributed by atoms with Crippen LogP contribution in [-0.2, 0) is 9.53 Å². The van der Waals surface area contributed by atoms with E-state index < -0.39 is 0 Å². The molecule has 0 atom stereocenters. The van der Waals surface area contributed by atoms with Crippen LogP contribution in [0.5, 0.6) is 0 Å². The summed E-state index contributed by atoms with van der Waals surface area (Å²) in [7, 11) is 3.21. The van der Waals surface area contributed by atoms with E-state index in [0.717, 1.165) is 0 Å². The van der Waals surface area contributed by atoms with E-state index in [-0.39, 0.29) is 5.97 Å². The van der Waals surface area contributed by atoms with Gasteiger partial charge in [0.05, 0.1) is 19.2 Å². The van der Waals surface area contributed by atoms with Gasteiger partial charge < -0.3 is 15.4 Å². The van der Waals surface area contributed by atoms with Crippen LogP contribution in [0.3, 0.4) is 0 Å². The Balaban J connectivity index is 2.57. The van der Waals surface area contributed by atoms with E-state index in [1.165, 1.54) is 7.11 Å². The van der Waals surface area contributed by atoms with E-state index in [2.05, 4.69) is 9.72 Å². The Bertz CT molecular complexity index is 341. The molecule has 15 heavy (non-hydrogen) atoms. The van der Waals surface area contributed by atoms with Gasteiger partial charge in [-0.15, -0.1) is 0 Å². The van der Waals surface area contributed by atoms with Gasteiger partial charge in [0.15, 0.2) is 5.82 Å². The molecular formula is C10H15N3O2. The number of esters is 1. The predicted octanol–water partition coefficient (Wildman–Crippen LogP) is 0.663. The molecule has 0 radical (unpaired) electrons. The van der Waals surface area contributed by atoms with Gasteiger partial charge in [0.1, 0.15) is 0 Å². The first-order chi connectivity index (χ1) is 7.15. The van der Waals surface area contributed by atoms with Crippen LogP contribution in [-0.4, -0.2) is 31.7 Å². The van der Waals surface area contributed by atoms with Gasteiger partial charge in [0, 0.05) is 19.8 Å². The van der Waals surface area contributed by atoms with E-state index in [4.69, 9.17) is 5.73 Å². The summed E-state index contributed by atoms with van der Waals surface area (Å²) >= 11 is 0. The van der Waals surface area contributed by atoms with Crippen LogP contribution >= 0.6 is 0 Å². The Morgan fingerprint density at radius 2 is 2.40 bits per heavy atom. The van der Waals surface area contributed by atoms with Crippen LogP contribution < -0.4 is 10.6 Å². The Morgan fingerprint density at radius 3 is 3.00 bits per heavy atom. The largest absolute Gasteiger partial charge is 0.469 e. The molecule has 0 aliphatic rings. The number of nitrogen functional groups attached to an aromatic ring is 1. The smallest absolute Gasteiger partial charge is 0.307 e. The van der Waals surface area contributed by atoms with Crippen LogP contribution in [0.2, 0.25) is 0 Å². The zero-order valence-corrected chi connectivity index (χ0v) is 8.93. The standard InChI is InChI=1S/C10H15N3O2/c1-13(7-5-9(14)15-2)10-8(11)4-3-6-12-10/h3-4,6H,5,7,11H2,1-2H3. The average Bonchev–Trinajstić information content (AvgIpc) is 2.26. The number of carbonyl (C=O) groups excluding carboxylic acids is 1. The molecule has 0 fully saturated rings. The normalized spacial score (nSPS) is 9.73. The number of anilines is 2. The van der Waals surface area contributed by atoms with E-state index in [9.17, 15) is 4.79 Å². The molecule has 1 aromatic heterocycles. The molecule has 5 nitrogen and oxygen atoms in total. The van der Waals surface area contributed by atoms with Gasteiger partial charge in [-0.05, 0) is 12.1 Å². The molecule has 0 aliphatic heterocycles. The van der Waals surface area contributed by atoms with Crippen molar-refractivity contribution in [1.29, 1.82) is 0 Å². The van der Waals surface area contributed by atoms with Crippen molar-refractivity contribution < 1.29 is 9.53 Å². The fourth-order valence-electron chi connectivity index (χ4n) is 1.20. The summed E-state index contributed by atoms with van der Waals surface area (Å²) in [5.41, 5.74) is 6.34. The maximum atomic E-state index is 10.9. The summed E-state index contributed by atoms with van der Waals surface area (Å²) in [5, 5.41) is 0. The van der Waals surface area contributed by atoms with Crippen LogP contribution in [0.15, 0.2) is 18.3 Å². The molecule has 1 rings (SSSR count).